The van der Waals surface area contributed by atoms with E-state index >= 15 is 0 Å². The zero-order valence-corrected chi connectivity index (χ0v) is 12.4. The second-order valence-electron chi connectivity index (χ2n) is 4.70. The molecule has 1 aromatic carbocycles. The van der Waals surface area contributed by atoms with Gasteiger partial charge >= 0.3 is 10.6 Å². The van der Waals surface area contributed by atoms with Crippen LogP contribution in [-0.2, 0) is 19.6 Å². The van der Waals surface area contributed by atoms with Crippen molar-refractivity contribution in [3.8, 4) is 0 Å². The fourth-order valence-corrected chi connectivity index (χ4v) is 2.76. The number of unbranched alkanes of at least 4 members (excludes halogenated alkanes) is 1. The lowest BCUT2D eigenvalue weighted by Crippen LogP contribution is -2.29. The van der Waals surface area contributed by atoms with Crippen molar-refractivity contribution in [3.05, 3.63) is 55.5 Å². The molecule has 0 unspecified atom stereocenters. The minimum Gasteiger partial charge on any atom is -0.326 e. The largest absolute Gasteiger partial charge is 0.341 e. The summed E-state index contributed by atoms with van der Waals surface area (Å²) in [5.74, 6) is 0. The van der Waals surface area contributed by atoms with Gasteiger partial charge in [0.25, 0.3) is 0 Å². The average molecular weight is 293 g/mol. The Hall–Kier alpha value is -1.66. The molecule has 0 atom stereocenters. The Labute approximate surface area is 121 Å². The van der Waals surface area contributed by atoms with Gasteiger partial charge in [-0.1, -0.05) is 37.6 Å². The Kier molecular flexibility index (Phi) is 4.92. The minimum atomic E-state index is -0.212. The van der Waals surface area contributed by atoms with E-state index in [1.54, 1.807) is 3.96 Å². The maximum atomic E-state index is 12.1. The molecule has 5 nitrogen and oxygen atoms in total. The maximum absolute atomic E-state index is 12.1. The number of aromatic nitrogens is 2. The van der Waals surface area contributed by atoms with Crippen molar-refractivity contribution in [1.82, 2.24) is 8.52 Å². The Morgan fingerprint density at radius 1 is 1.15 bits per heavy atom. The summed E-state index contributed by atoms with van der Waals surface area (Å²) in [6.45, 7) is 3.48. The summed E-state index contributed by atoms with van der Waals surface area (Å²) in [5.41, 5.74) is 7.30. The van der Waals surface area contributed by atoms with Crippen molar-refractivity contribution in [2.75, 3.05) is 0 Å². The van der Waals surface area contributed by atoms with Gasteiger partial charge in [-0.05, 0) is 17.5 Å². The standard InChI is InChI=1S/C14H19N3O2S/c1-2-3-8-17-13(18)16(14(19)20-17)10-12-6-4-11(9-15)5-7-12/h4-7H,2-3,8-10,15H2,1H3. The summed E-state index contributed by atoms with van der Waals surface area (Å²) in [7, 11) is 0. The highest BCUT2D eigenvalue weighted by atomic mass is 32.1. The van der Waals surface area contributed by atoms with E-state index in [-0.39, 0.29) is 10.6 Å². The van der Waals surface area contributed by atoms with E-state index in [2.05, 4.69) is 6.92 Å². The van der Waals surface area contributed by atoms with Gasteiger partial charge in [-0.25, -0.2) is 13.3 Å². The van der Waals surface area contributed by atoms with Gasteiger partial charge in [-0.2, -0.15) is 0 Å². The third-order valence-electron chi connectivity index (χ3n) is 3.17. The summed E-state index contributed by atoms with van der Waals surface area (Å²) in [6.07, 6.45) is 1.91. The second-order valence-corrected chi connectivity index (χ2v) is 5.67. The highest BCUT2D eigenvalue weighted by Gasteiger charge is 2.10. The van der Waals surface area contributed by atoms with Gasteiger partial charge in [0.1, 0.15) is 0 Å². The maximum Gasteiger partial charge on any atom is 0.341 e. The molecule has 2 rings (SSSR count). The molecular formula is C14H19N3O2S. The molecule has 2 aromatic rings. The third-order valence-corrected chi connectivity index (χ3v) is 4.10. The Morgan fingerprint density at radius 2 is 1.80 bits per heavy atom. The van der Waals surface area contributed by atoms with Crippen molar-refractivity contribution < 1.29 is 0 Å². The molecule has 0 fully saturated rings. The van der Waals surface area contributed by atoms with Crippen molar-refractivity contribution in [3.63, 3.8) is 0 Å². The molecule has 20 heavy (non-hydrogen) atoms. The van der Waals surface area contributed by atoms with Crippen LogP contribution in [0.2, 0.25) is 0 Å². The highest BCUT2D eigenvalue weighted by molar-refractivity contribution is 7.03. The van der Waals surface area contributed by atoms with Crippen LogP contribution in [0.5, 0.6) is 0 Å². The van der Waals surface area contributed by atoms with E-state index in [1.165, 1.54) is 4.57 Å². The minimum absolute atomic E-state index is 0.200. The monoisotopic (exact) mass is 293 g/mol. The van der Waals surface area contributed by atoms with Gasteiger partial charge in [-0.3, -0.25) is 4.79 Å². The smallest absolute Gasteiger partial charge is 0.326 e. The van der Waals surface area contributed by atoms with Crippen molar-refractivity contribution in [2.24, 2.45) is 5.73 Å². The van der Waals surface area contributed by atoms with Crippen LogP contribution < -0.4 is 16.3 Å². The second kappa shape index (κ2) is 6.67. The number of nitrogens with two attached hydrogens (primary N) is 1. The summed E-state index contributed by atoms with van der Waals surface area (Å²) in [5, 5.41) is 0. The third kappa shape index (κ3) is 3.26. The van der Waals surface area contributed by atoms with Gasteiger partial charge in [0.15, 0.2) is 0 Å². The van der Waals surface area contributed by atoms with E-state index in [1.807, 2.05) is 24.3 Å². The lowest BCUT2D eigenvalue weighted by molar-refractivity contribution is 0.614. The van der Waals surface area contributed by atoms with Crippen LogP contribution in [-0.4, -0.2) is 8.52 Å². The summed E-state index contributed by atoms with van der Waals surface area (Å²) >= 11 is 0.999. The van der Waals surface area contributed by atoms with Crippen LogP contribution >= 0.6 is 11.5 Å². The Morgan fingerprint density at radius 3 is 2.40 bits per heavy atom. The molecule has 0 aliphatic heterocycles. The molecule has 0 radical (unpaired) electrons. The molecule has 0 aliphatic carbocycles. The number of hydrogen-bond acceptors (Lipinski definition) is 4. The van der Waals surface area contributed by atoms with E-state index in [9.17, 15) is 9.59 Å². The topological polar surface area (TPSA) is 70.0 Å². The highest BCUT2D eigenvalue weighted by Crippen LogP contribution is 2.05. The van der Waals surface area contributed by atoms with E-state index < -0.39 is 0 Å². The molecule has 0 saturated carbocycles. The van der Waals surface area contributed by atoms with Gasteiger partial charge < -0.3 is 5.73 Å². The molecule has 0 aliphatic rings. The van der Waals surface area contributed by atoms with Gasteiger partial charge in [0.2, 0.25) is 0 Å². The van der Waals surface area contributed by atoms with E-state index in [0.29, 0.717) is 19.6 Å². The van der Waals surface area contributed by atoms with Gasteiger partial charge in [0.05, 0.1) is 6.54 Å². The Bertz CT molecular complexity index is 667. The number of benzene rings is 1. The molecule has 0 bridgehead atoms. The SMILES string of the molecule is CCCCn1sc(=O)n(Cc2ccc(CN)cc2)c1=O. The molecular weight excluding hydrogens is 274 g/mol. The molecule has 0 saturated heterocycles. The van der Waals surface area contributed by atoms with Gasteiger partial charge in [0, 0.05) is 24.6 Å². The molecule has 0 spiro atoms. The predicted octanol–water partition coefficient (Wildman–Crippen LogP) is 1.38. The Balaban J connectivity index is 2.22. The number of rotatable bonds is 6. The first kappa shape index (κ1) is 14.7. The predicted molar refractivity (Wildman–Crippen MR) is 81.2 cm³/mol. The van der Waals surface area contributed by atoms with E-state index in [0.717, 1.165) is 35.5 Å². The van der Waals surface area contributed by atoms with Crippen molar-refractivity contribution >= 4 is 11.5 Å². The molecule has 2 N–H and O–H groups in total. The van der Waals surface area contributed by atoms with Gasteiger partial charge in [-0.15, -0.1) is 0 Å². The first-order chi connectivity index (χ1) is 9.65. The average Bonchev–Trinajstić information content (AvgIpc) is 2.73. The summed E-state index contributed by atoms with van der Waals surface area (Å²) in [4.78, 5) is 23.8. The van der Waals surface area contributed by atoms with Crippen molar-refractivity contribution in [2.45, 2.75) is 39.4 Å². The number of aryl methyl sites for hydroxylation is 1. The van der Waals surface area contributed by atoms with E-state index in [4.69, 9.17) is 5.73 Å². The molecule has 6 heteroatoms. The first-order valence-corrected chi connectivity index (χ1v) is 7.52. The fourth-order valence-electron chi connectivity index (χ4n) is 1.93. The summed E-state index contributed by atoms with van der Waals surface area (Å²) < 4.78 is 2.83. The normalized spacial score (nSPS) is 10.9. The number of hydrogen-bond donors (Lipinski definition) is 1. The quantitative estimate of drug-likeness (QED) is 0.874. The number of nitrogens with zero attached hydrogens (tertiary/aromatic N) is 2. The zero-order valence-electron chi connectivity index (χ0n) is 11.5. The van der Waals surface area contributed by atoms with Crippen LogP contribution in [0.3, 0.4) is 0 Å². The zero-order chi connectivity index (χ0) is 14.5. The van der Waals surface area contributed by atoms with Crippen molar-refractivity contribution in [1.29, 1.82) is 0 Å². The molecule has 0 amide bonds. The first-order valence-electron chi connectivity index (χ1n) is 6.74. The molecule has 1 aromatic heterocycles. The molecule has 1 heterocycles. The summed E-state index contributed by atoms with van der Waals surface area (Å²) in [6, 6.07) is 7.65. The van der Waals surface area contributed by atoms with Crippen LogP contribution in [0.25, 0.3) is 0 Å². The lowest BCUT2D eigenvalue weighted by Gasteiger charge is -2.02. The van der Waals surface area contributed by atoms with Crippen LogP contribution in [0, 0.1) is 0 Å². The lowest BCUT2D eigenvalue weighted by atomic mass is 10.1. The van der Waals surface area contributed by atoms with Crippen LogP contribution in [0.1, 0.15) is 30.9 Å². The fraction of sp³-hybridized carbons (Fsp3) is 0.429. The van der Waals surface area contributed by atoms with Crippen LogP contribution in [0.4, 0.5) is 0 Å². The van der Waals surface area contributed by atoms with Crippen LogP contribution in [0.15, 0.2) is 33.9 Å². The molecule has 108 valence electrons.